The molecule has 0 amide bonds. The summed E-state index contributed by atoms with van der Waals surface area (Å²) in [5.41, 5.74) is 20.6. The van der Waals surface area contributed by atoms with Crippen LogP contribution >= 0.6 is 0 Å². The molecule has 5 aromatic heterocycles. The van der Waals surface area contributed by atoms with E-state index in [0.29, 0.717) is 5.56 Å². The van der Waals surface area contributed by atoms with Crippen LogP contribution in [0.2, 0.25) is 0 Å². The fourth-order valence-corrected chi connectivity index (χ4v) is 12.2. The molecule has 0 bridgehead atoms. The largest absolute Gasteiger partial charge is 0.307 e. The Hall–Kier alpha value is -9.18. The molecular weight excluding hydrogens is 877 g/mol. The number of benzene rings is 9. The molecule has 0 radical (unpaired) electrons. The molecule has 9 aromatic carbocycles. The van der Waals surface area contributed by atoms with Crippen molar-refractivity contribution < 1.29 is 0 Å². The van der Waals surface area contributed by atoms with Gasteiger partial charge in [0.1, 0.15) is 11.6 Å². The number of aromatic nitrogens is 5. The van der Waals surface area contributed by atoms with Crippen molar-refractivity contribution in [3.05, 3.63) is 221 Å². The number of hydrogen-bond acceptors (Lipinski definition) is 2. The molecule has 14 rings (SSSR count). The first-order chi connectivity index (χ1) is 35.2. The van der Waals surface area contributed by atoms with Crippen LogP contribution in [-0.2, 0) is 0 Å². The number of pyridine rings is 1. The number of nitrogens with zero attached hydrogens (tertiary/aromatic N) is 6. The Kier molecular flexibility index (Phi) is 8.94. The lowest BCUT2D eigenvalue weighted by atomic mass is 9.92. The molecule has 6 heteroatoms. The lowest BCUT2D eigenvalue weighted by Crippen LogP contribution is -2.17. The molecule has 5 heterocycles. The summed E-state index contributed by atoms with van der Waals surface area (Å²) >= 11 is 0. The molecular formula is C66H48N6. The predicted molar refractivity (Wildman–Crippen MR) is 300 cm³/mol. The summed E-state index contributed by atoms with van der Waals surface area (Å²) in [6.07, 6.45) is 0. The summed E-state index contributed by atoms with van der Waals surface area (Å²) < 4.78 is 9.77. The minimum absolute atomic E-state index is 0.546. The molecule has 0 N–H and O–H groups in total. The number of nitriles is 1. The summed E-state index contributed by atoms with van der Waals surface area (Å²) in [7, 11) is 0. The Bertz CT molecular complexity index is 4710. The third-order valence-electron chi connectivity index (χ3n) is 15.2. The van der Waals surface area contributed by atoms with Crippen LogP contribution in [0.4, 0.5) is 0 Å². The Morgan fingerprint density at radius 2 is 0.667 bits per heavy atom. The van der Waals surface area contributed by atoms with Crippen molar-refractivity contribution in [3.8, 4) is 39.9 Å². The van der Waals surface area contributed by atoms with Gasteiger partial charge in [0.25, 0.3) is 0 Å². The highest BCUT2D eigenvalue weighted by molar-refractivity contribution is 6.17. The van der Waals surface area contributed by atoms with Gasteiger partial charge in [-0.1, -0.05) is 125 Å². The van der Waals surface area contributed by atoms with Gasteiger partial charge in [-0.25, -0.2) is 0 Å². The monoisotopic (exact) mass is 924 g/mol. The minimum Gasteiger partial charge on any atom is -0.307 e. The highest BCUT2D eigenvalue weighted by Gasteiger charge is 2.35. The number of hydrogen-bond donors (Lipinski definition) is 0. The fourth-order valence-electron chi connectivity index (χ4n) is 12.2. The zero-order valence-electron chi connectivity index (χ0n) is 41.0. The third-order valence-corrected chi connectivity index (χ3v) is 15.2. The minimum atomic E-state index is 0.546. The van der Waals surface area contributed by atoms with Crippen LogP contribution in [-0.4, -0.2) is 23.3 Å². The van der Waals surface area contributed by atoms with Gasteiger partial charge < -0.3 is 18.3 Å². The van der Waals surface area contributed by atoms with E-state index in [1.54, 1.807) is 0 Å². The van der Waals surface area contributed by atoms with Gasteiger partial charge in [0, 0.05) is 65.6 Å². The van der Waals surface area contributed by atoms with Gasteiger partial charge in [-0.15, -0.1) is 0 Å². The van der Waals surface area contributed by atoms with Gasteiger partial charge in [0.2, 0.25) is 0 Å². The zero-order chi connectivity index (χ0) is 48.7. The maximum atomic E-state index is 12.7. The topological polar surface area (TPSA) is 56.4 Å². The van der Waals surface area contributed by atoms with E-state index in [1.165, 1.54) is 22.3 Å². The van der Waals surface area contributed by atoms with Crippen LogP contribution in [0.5, 0.6) is 0 Å². The van der Waals surface area contributed by atoms with Crippen LogP contribution in [0.3, 0.4) is 0 Å². The van der Waals surface area contributed by atoms with Crippen LogP contribution in [0.1, 0.15) is 39.2 Å². The molecule has 342 valence electrons. The highest BCUT2D eigenvalue weighted by Crippen LogP contribution is 2.52. The van der Waals surface area contributed by atoms with Crippen molar-refractivity contribution in [3.63, 3.8) is 0 Å². The average molecular weight is 925 g/mol. The first-order valence-corrected chi connectivity index (χ1v) is 24.8. The maximum Gasteiger partial charge on any atom is 0.104 e. The smallest absolute Gasteiger partial charge is 0.104 e. The number of fused-ring (bicyclic) bond motifs is 12. The van der Waals surface area contributed by atoms with Crippen LogP contribution < -0.4 is 0 Å². The SMILES string of the molecule is Cc1ccc2c(c1)c1ccccc1n2-c1c(C#N)c(-n2c3ccccc3c3cc(C)ccc32)c(-n2c3ccccc3c3cc(C)ccc32)c(-n2c3ccccc3c3cc(C)ccc32)c1-c1ccc(C)nc1C. The molecule has 0 spiro atoms. The zero-order valence-corrected chi connectivity index (χ0v) is 41.0. The van der Waals surface area contributed by atoms with E-state index < -0.39 is 0 Å². The molecule has 0 aliphatic rings. The Labute approximate surface area is 416 Å². The van der Waals surface area contributed by atoms with Gasteiger partial charge >= 0.3 is 0 Å². The lowest BCUT2D eigenvalue weighted by Gasteiger charge is -2.29. The lowest BCUT2D eigenvalue weighted by molar-refractivity contribution is 1.03. The fraction of sp³-hybridized carbons (Fsp3) is 0.0909. The standard InChI is InChI=1S/C66H48N6/c1-38-23-29-58-49(33-38)45-15-7-11-19-54(45)69(58)63-53(37-67)64(70-55-20-12-8-16-46(55)50-34-39(2)24-30-59(50)70)66(72-57-22-14-10-18-48(57)52-36-41(4)26-32-61(52)72)65(62(63)44-28-27-42(5)68-43(44)6)71-56-21-13-9-17-47(56)51-35-40(3)25-31-60(51)71/h7-36H,1-6H3. The van der Waals surface area contributed by atoms with Gasteiger partial charge in [-0.2, -0.15) is 5.26 Å². The molecule has 0 fully saturated rings. The second kappa shape index (κ2) is 15.4. The predicted octanol–water partition coefficient (Wildman–Crippen LogP) is 16.9. The summed E-state index contributed by atoms with van der Waals surface area (Å²) in [5, 5.41) is 21.8. The Morgan fingerprint density at radius 1 is 0.333 bits per heavy atom. The van der Waals surface area contributed by atoms with Crippen molar-refractivity contribution in [2.75, 3.05) is 0 Å². The highest BCUT2D eigenvalue weighted by atomic mass is 15.1. The molecule has 0 saturated carbocycles. The van der Waals surface area contributed by atoms with E-state index in [2.05, 4.69) is 248 Å². The van der Waals surface area contributed by atoms with Gasteiger partial charge in [-0.05, 0) is 120 Å². The van der Waals surface area contributed by atoms with Crippen molar-refractivity contribution >= 4 is 87.2 Å². The molecule has 6 nitrogen and oxygen atoms in total. The van der Waals surface area contributed by atoms with Crippen molar-refractivity contribution in [1.82, 2.24) is 23.3 Å². The van der Waals surface area contributed by atoms with Crippen molar-refractivity contribution in [2.24, 2.45) is 0 Å². The second-order valence-electron chi connectivity index (χ2n) is 19.8. The summed E-state index contributed by atoms with van der Waals surface area (Å²) in [6.45, 7) is 12.8. The van der Waals surface area contributed by atoms with E-state index in [0.717, 1.165) is 132 Å². The number of para-hydroxylation sites is 4. The van der Waals surface area contributed by atoms with Crippen molar-refractivity contribution in [1.29, 1.82) is 5.26 Å². The molecule has 0 aliphatic carbocycles. The molecule has 14 aromatic rings. The van der Waals surface area contributed by atoms with E-state index in [4.69, 9.17) is 4.98 Å². The Morgan fingerprint density at radius 3 is 1.04 bits per heavy atom. The third kappa shape index (κ3) is 5.79. The molecule has 0 aliphatic heterocycles. The van der Waals surface area contributed by atoms with Crippen LogP contribution in [0, 0.1) is 52.9 Å². The molecule has 72 heavy (non-hydrogen) atoms. The molecule has 0 unspecified atom stereocenters. The van der Waals surface area contributed by atoms with Gasteiger partial charge in [-0.3, -0.25) is 4.98 Å². The van der Waals surface area contributed by atoms with Crippen LogP contribution in [0.25, 0.3) is 121 Å². The van der Waals surface area contributed by atoms with Crippen LogP contribution in [0.15, 0.2) is 182 Å². The normalized spacial score (nSPS) is 12.0. The maximum absolute atomic E-state index is 12.7. The number of aryl methyl sites for hydroxylation is 6. The van der Waals surface area contributed by atoms with E-state index in [9.17, 15) is 5.26 Å². The first-order valence-electron chi connectivity index (χ1n) is 24.8. The summed E-state index contributed by atoms with van der Waals surface area (Å²) in [4.78, 5) is 5.27. The summed E-state index contributed by atoms with van der Waals surface area (Å²) in [5.74, 6) is 0. The van der Waals surface area contributed by atoms with Gasteiger partial charge in [0.15, 0.2) is 0 Å². The second-order valence-corrected chi connectivity index (χ2v) is 19.8. The Balaban J connectivity index is 1.38. The summed E-state index contributed by atoms with van der Waals surface area (Å²) in [6, 6.07) is 69.5. The van der Waals surface area contributed by atoms with E-state index in [-0.39, 0.29) is 0 Å². The van der Waals surface area contributed by atoms with E-state index in [1.807, 2.05) is 0 Å². The molecule has 0 atom stereocenters. The number of rotatable bonds is 5. The quantitative estimate of drug-likeness (QED) is 0.173. The van der Waals surface area contributed by atoms with E-state index >= 15 is 0 Å². The van der Waals surface area contributed by atoms with Gasteiger partial charge in [0.05, 0.1) is 66.9 Å². The first kappa shape index (κ1) is 41.8. The van der Waals surface area contributed by atoms with Crippen molar-refractivity contribution in [2.45, 2.75) is 41.5 Å². The molecule has 0 saturated heterocycles. The average Bonchev–Trinajstić information content (AvgIpc) is 4.10.